The molecule has 8 nitrogen and oxygen atoms in total. The van der Waals surface area contributed by atoms with Crippen molar-refractivity contribution in [3.63, 3.8) is 0 Å². The van der Waals surface area contributed by atoms with Gasteiger partial charge in [-0.25, -0.2) is 9.18 Å². The second kappa shape index (κ2) is 11.2. The molecule has 47 heavy (non-hydrogen) atoms. The van der Waals surface area contributed by atoms with Gasteiger partial charge < -0.3 is 29.7 Å². The van der Waals surface area contributed by atoms with E-state index < -0.39 is 24.0 Å². The molecule has 1 amide bonds. The molecule has 0 aromatic carbocycles. The Labute approximate surface area is 282 Å². The Morgan fingerprint density at radius 3 is 2.43 bits per heavy atom. The molecule has 3 N–H and O–H groups in total. The number of amides is 1. The molecule has 7 fully saturated rings. The lowest BCUT2D eigenvalue weighted by atomic mass is 9.41. The van der Waals surface area contributed by atoms with Crippen LogP contribution in [-0.4, -0.2) is 96.3 Å². The average Bonchev–Trinajstić information content (AvgIpc) is 3.60. The predicted molar refractivity (Wildman–Crippen MR) is 177 cm³/mol. The van der Waals surface area contributed by atoms with Crippen LogP contribution in [0.5, 0.6) is 0 Å². The highest BCUT2D eigenvalue weighted by atomic mass is 19.1. The highest BCUT2D eigenvalue weighted by Crippen LogP contribution is 2.89. The van der Waals surface area contributed by atoms with Crippen molar-refractivity contribution in [1.29, 1.82) is 0 Å². The molecule has 5 saturated carbocycles. The van der Waals surface area contributed by atoms with Crippen LogP contribution in [-0.2, 0) is 14.2 Å². The zero-order valence-corrected chi connectivity index (χ0v) is 30.3. The zero-order chi connectivity index (χ0) is 33.9. The van der Waals surface area contributed by atoms with Crippen LogP contribution in [0, 0.1) is 50.7 Å². The Morgan fingerprint density at radius 2 is 1.77 bits per heavy atom. The summed E-state index contributed by atoms with van der Waals surface area (Å²) in [6.07, 6.45) is 5.77. The number of aliphatic hydroxyl groups excluding tert-OH is 1. The number of hydrogen-bond donors (Lipinski definition) is 3. The fraction of sp³-hybridized carbons (Fsp3) is 0.974. The van der Waals surface area contributed by atoms with Gasteiger partial charge in [0.05, 0.1) is 23.9 Å². The number of carbonyl (C=O) groups excluding carboxylic acids is 1. The fourth-order valence-electron chi connectivity index (χ4n) is 13.8. The first-order valence-corrected chi connectivity index (χ1v) is 18.9. The minimum Gasteiger partial charge on any atom is -0.446 e. The third-order valence-corrected chi connectivity index (χ3v) is 16.0. The highest BCUT2D eigenvalue weighted by Gasteiger charge is 2.84. The largest absolute Gasteiger partial charge is 0.446 e. The molecular formula is C38H63FN2O6. The number of carbonyl (C=O) groups is 1. The average molecular weight is 663 g/mol. The third-order valence-electron chi connectivity index (χ3n) is 16.0. The van der Waals surface area contributed by atoms with Gasteiger partial charge >= 0.3 is 6.09 Å². The van der Waals surface area contributed by atoms with Crippen LogP contribution in [0.3, 0.4) is 0 Å². The Balaban J connectivity index is 1.08. The van der Waals surface area contributed by atoms with E-state index in [1.54, 1.807) is 13.8 Å². The third kappa shape index (κ3) is 4.78. The van der Waals surface area contributed by atoms with Gasteiger partial charge in [-0.3, -0.25) is 4.90 Å². The predicted octanol–water partition coefficient (Wildman–Crippen LogP) is 5.72. The van der Waals surface area contributed by atoms with Crippen molar-refractivity contribution < 1.29 is 33.6 Å². The number of nitrogens with one attached hydrogen (secondary N) is 1. The summed E-state index contributed by atoms with van der Waals surface area (Å²) in [5.74, 6) is 1.53. The molecule has 9 heteroatoms. The van der Waals surface area contributed by atoms with E-state index in [1.165, 1.54) is 12.8 Å². The zero-order valence-electron chi connectivity index (χ0n) is 30.3. The number of rotatable bonds is 8. The number of alkyl halides is 1. The van der Waals surface area contributed by atoms with E-state index in [0.717, 1.165) is 38.5 Å². The van der Waals surface area contributed by atoms with Crippen LogP contribution < -0.4 is 5.32 Å². The molecule has 268 valence electrons. The van der Waals surface area contributed by atoms with Gasteiger partial charge in [-0.1, -0.05) is 34.6 Å². The van der Waals surface area contributed by atoms with Crippen molar-refractivity contribution in [2.24, 2.45) is 50.7 Å². The first kappa shape index (κ1) is 34.4. The minimum absolute atomic E-state index is 0.0288. The second-order valence-electron chi connectivity index (χ2n) is 18.8. The molecule has 7 rings (SSSR count). The van der Waals surface area contributed by atoms with Crippen molar-refractivity contribution in [2.75, 3.05) is 32.8 Å². The van der Waals surface area contributed by atoms with Gasteiger partial charge in [0, 0.05) is 43.6 Å². The normalized spacial score (nSPS) is 49.3. The minimum atomic E-state index is -1.04. The van der Waals surface area contributed by atoms with Crippen LogP contribution in [0.4, 0.5) is 9.18 Å². The molecule has 0 radical (unpaired) electrons. The van der Waals surface area contributed by atoms with Gasteiger partial charge in [0.25, 0.3) is 0 Å². The van der Waals surface area contributed by atoms with Crippen LogP contribution in [0.25, 0.3) is 0 Å². The van der Waals surface area contributed by atoms with Crippen LogP contribution >= 0.6 is 0 Å². The number of hydrogen-bond acceptors (Lipinski definition) is 7. The lowest BCUT2D eigenvalue weighted by Crippen LogP contribution is -2.60. The molecule has 0 aromatic heterocycles. The Bertz CT molecular complexity index is 1220. The van der Waals surface area contributed by atoms with E-state index in [2.05, 4.69) is 39.9 Å². The summed E-state index contributed by atoms with van der Waals surface area (Å²) in [6, 6.07) is 0. The van der Waals surface area contributed by atoms with Gasteiger partial charge in [-0.2, -0.15) is 0 Å². The summed E-state index contributed by atoms with van der Waals surface area (Å²) in [6.45, 7) is 20.0. The van der Waals surface area contributed by atoms with Crippen LogP contribution in [0.15, 0.2) is 0 Å². The van der Waals surface area contributed by atoms with Crippen molar-refractivity contribution in [3.05, 3.63) is 0 Å². The summed E-state index contributed by atoms with van der Waals surface area (Å²) < 4.78 is 32.3. The molecule has 0 aromatic rings. The number of likely N-dealkylation sites (tertiary alicyclic amines) is 1. The van der Waals surface area contributed by atoms with E-state index in [4.69, 9.17) is 14.2 Å². The lowest BCUT2D eigenvalue weighted by molar-refractivity contribution is -0.215. The molecule has 0 bridgehead atoms. The highest BCUT2D eigenvalue weighted by molar-refractivity contribution is 5.67. The van der Waals surface area contributed by atoms with Crippen molar-refractivity contribution >= 4 is 6.09 Å². The van der Waals surface area contributed by atoms with Crippen molar-refractivity contribution in [2.45, 2.75) is 149 Å². The van der Waals surface area contributed by atoms with Gasteiger partial charge in [0.15, 0.2) is 0 Å². The summed E-state index contributed by atoms with van der Waals surface area (Å²) in [5, 5.41) is 26.5. The molecule has 3 unspecified atom stereocenters. The van der Waals surface area contributed by atoms with Crippen molar-refractivity contribution in [1.82, 2.24) is 10.2 Å². The smallest absolute Gasteiger partial charge is 0.407 e. The number of nitrogens with zero attached hydrogens (tertiary/aromatic N) is 1. The summed E-state index contributed by atoms with van der Waals surface area (Å²) in [4.78, 5) is 14.9. The van der Waals surface area contributed by atoms with Gasteiger partial charge in [0.2, 0.25) is 0 Å². The van der Waals surface area contributed by atoms with Gasteiger partial charge in [0.1, 0.15) is 18.4 Å². The molecule has 5 aliphatic carbocycles. The fourth-order valence-corrected chi connectivity index (χ4v) is 13.8. The summed E-state index contributed by atoms with van der Waals surface area (Å²) >= 11 is 0. The number of aliphatic hydroxyl groups is 2. The van der Waals surface area contributed by atoms with E-state index in [9.17, 15) is 19.4 Å². The first-order valence-electron chi connectivity index (χ1n) is 18.9. The van der Waals surface area contributed by atoms with Gasteiger partial charge in [-0.15, -0.1) is 0 Å². The molecular weight excluding hydrogens is 599 g/mol. The van der Waals surface area contributed by atoms with Crippen molar-refractivity contribution in [3.8, 4) is 0 Å². The molecule has 2 spiro atoms. The summed E-state index contributed by atoms with van der Waals surface area (Å²) in [7, 11) is 0. The Kier molecular flexibility index (Phi) is 8.25. The second-order valence-corrected chi connectivity index (χ2v) is 18.8. The topological polar surface area (TPSA) is 100 Å². The number of fused-ring (bicyclic) bond motifs is 4. The molecule has 2 saturated heterocycles. The van der Waals surface area contributed by atoms with E-state index >= 15 is 0 Å². The van der Waals surface area contributed by atoms with E-state index in [1.807, 2.05) is 11.8 Å². The van der Waals surface area contributed by atoms with E-state index in [-0.39, 0.29) is 57.4 Å². The quantitative estimate of drug-likeness (QED) is 0.306. The lowest BCUT2D eigenvalue weighted by Gasteiger charge is -2.63. The SMILES string of the molecule is CCO[C@@H](C1C[C@@H](C)[C@H]2C(O1)[C@H](O)[C@@]1(C)C3CC[C@H]4C(C)(C)[C@@H](OC(=O)NCCN5CC(F)C5)CC[C@@]45C[C@@]35CC[C@]21C)C(C)(C)O. The van der Waals surface area contributed by atoms with E-state index in [0.29, 0.717) is 50.5 Å². The Morgan fingerprint density at radius 1 is 1.09 bits per heavy atom. The maximum Gasteiger partial charge on any atom is 0.407 e. The summed E-state index contributed by atoms with van der Waals surface area (Å²) in [5.41, 5.74) is -1.00. The molecule has 13 atom stereocenters. The van der Waals surface area contributed by atoms with Crippen LogP contribution in [0.1, 0.15) is 107 Å². The van der Waals surface area contributed by atoms with Crippen LogP contribution in [0.2, 0.25) is 0 Å². The first-order chi connectivity index (χ1) is 22.0. The maximum absolute atomic E-state index is 13.1. The Hall–Kier alpha value is -1.00. The maximum atomic E-state index is 13.1. The molecule has 2 heterocycles. The standard InChI is InChI=1S/C38H63FN2O6/c1-9-45-31(34(5,6)44)24-18-22(2)28-29(46-24)30(42)36(8)26-11-10-25-33(3,4)27(47-32(43)40-16-17-41-19-23(39)20-41)12-13-37(25)21-38(26,37)15-14-35(28,36)7/h22-31,42,44H,9-21H2,1-8H3,(H,40,43)/t22-,24?,25+,26?,27+,28+,29?,30+,31+,35-,36-,37-,38+/m1/s1. The molecule has 7 aliphatic rings. The van der Waals surface area contributed by atoms with Gasteiger partial charge in [-0.05, 0) is 112 Å². The number of ether oxygens (including phenoxy) is 3. The monoisotopic (exact) mass is 662 g/mol. The number of halogens is 1. The molecule has 2 aliphatic heterocycles. The number of alkyl carbamates (subject to hydrolysis) is 1.